The fourth-order valence-electron chi connectivity index (χ4n) is 2.88. The van der Waals surface area contributed by atoms with Crippen LogP contribution in [0.15, 0.2) is 72.8 Å². The minimum atomic E-state index is 0.565. The van der Waals surface area contributed by atoms with Crippen LogP contribution in [-0.2, 0) is 0 Å². The van der Waals surface area contributed by atoms with Crippen molar-refractivity contribution in [1.29, 1.82) is 0 Å². The number of aromatic nitrogens is 5. The molecule has 0 aliphatic rings. The molecule has 0 atom stereocenters. The normalized spacial score (nSPS) is 11.2. The number of pyridine rings is 2. The van der Waals surface area contributed by atoms with Crippen molar-refractivity contribution in [3.05, 3.63) is 72.8 Å². The first kappa shape index (κ1) is 13.8. The molecule has 0 radical (unpaired) electrons. The predicted octanol–water partition coefficient (Wildman–Crippen LogP) is 4.24. The minimum absolute atomic E-state index is 0.565. The molecule has 5 heteroatoms. The average Bonchev–Trinajstić information content (AvgIpc) is 3.17. The zero-order valence-electron chi connectivity index (χ0n) is 13.2. The van der Waals surface area contributed by atoms with Gasteiger partial charge in [-0.15, -0.1) is 0 Å². The number of aromatic amines is 1. The zero-order valence-corrected chi connectivity index (χ0v) is 13.2. The molecule has 0 bridgehead atoms. The summed E-state index contributed by atoms with van der Waals surface area (Å²) in [6, 6.07) is 23.9. The van der Waals surface area contributed by atoms with Gasteiger partial charge in [-0.25, -0.2) is 15.0 Å². The Balaban J connectivity index is 1.57. The van der Waals surface area contributed by atoms with Crippen LogP contribution in [0.25, 0.3) is 44.8 Å². The van der Waals surface area contributed by atoms with E-state index in [1.807, 2.05) is 72.8 Å². The summed E-state index contributed by atoms with van der Waals surface area (Å²) in [4.78, 5) is 13.9. The lowest BCUT2D eigenvalue weighted by molar-refractivity contribution is 1.09. The third-order valence-corrected chi connectivity index (χ3v) is 4.15. The number of hydrogen-bond acceptors (Lipinski definition) is 4. The number of nitrogens with one attached hydrogen (secondary N) is 1. The van der Waals surface area contributed by atoms with Gasteiger partial charge in [0.15, 0.2) is 11.6 Å². The van der Waals surface area contributed by atoms with Gasteiger partial charge in [-0.2, -0.15) is 5.10 Å². The summed E-state index contributed by atoms with van der Waals surface area (Å²) in [5.74, 6) is 1.20. The minimum Gasteiger partial charge on any atom is -0.257 e. The summed E-state index contributed by atoms with van der Waals surface area (Å²) in [7, 11) is 0. The summed E-state index contributed by atoms with van der Waals surface area (Å²) in [6.45, 7) is 0. The molecule has 1 N–H and O–H groups in total. The Kier molecular flexibility index (Phi) is 3.03. The Hall–Kier alpha value is -3.60. The highest BCUT2D eigenvalue weighted by Crippen LogP contribution is 2.22. The quantitative estimate of drug-likeness (QED) is 0.528. The molecule has 0 spiro atoms. The summed E-state index contributed by atoms with van der Waals surface area (Å²) >= 11 is 0. The molecular formula is C20H13N5. The number of nitrogens with zero attached hydrogens (tertiary/aromatic N) is 4. The number of hydrogen-bond donors (Lipinski definition) is 1. The SMILES string of the molecule is c1ccc2nc(-c3n[nH]c(-c4ccc5ccccc5n4)n3)ccc2c1. The largest absolute Gasteiger partial charge is 0.257 e. The molecule has 5 nitrogen and oxygen atoms in total. The molecule has 0 saturated heterocycles. The van der Waals surface area contributed by atoms with Gasteiger partial charge in [-0.1, -0.05) is 48.5 Å². The lowest BCUT2D eigenvalue weighted by atomic mass is 10.2. The van der Waals surface area contributed by atoms with Crippen molar-refractivity contribution in [2.75, 3.05) is 0 Å². The maximum atomic E-state index is 4.65. The van der Waals surface area contributed by atoms with Gasteiger partial charge in [0.25, 0.3) is 0 Å². The van der Waals surface area contributed by atoms with Crippen molar-refractivity contribution in [3.63, 3.8) is 0 Å². The number of fused-ring (bicyclic) bond motifs is 2. The van der Waals surface area contributed by atoms with Crippen molar-refractivity contribution in [3.8, 4) is 23.0 Å². The fraction of sp³-hybridized carbons (Fsp3) is 0. The molecule has 0 aliphatic carbocycles. The van der Waals surface area contributed by atoms with Crippen molar-refractivity contribution in [2.45, 2.75) is 0 Å². The Bertz CT molecular complexity index is 1120. The van der Waals surface area contributed by atoms with Crippen LogP contribution >= 0.6 is 0 Å². The van der Waals surface area contributed by atoms with Crippen LogP contribution < -0.4 is 0 Å². The number of benzene rings is 2. The Morgan fingerprint density at radius 2 is 1.16 bits per heavy atom. The molecule has 2 aromatic carbocycles. The van der Waals surface area contributed by atoms with Crippen molar-refractivity contribution < 1.29 is 0 Å². The summed E-state index contributed by atoms with van der Waals surface area (Å²) < 4.78 is 0. The standard InChI is InChI=1S/C20H13N5/c1-3-7-15-13(5-1)9-11-17(21-15)19-23-20(25-24-19)18-12-10-14-6-2-4-8-16(14)22-18/h1-12H,(H,23,24,25). The second-order valence-electron chi connectivity index (χ2n) is 5.79. The molecule has 25 heavy (non-hydrogen) atoms. The zero-order chi connectivity index (χ0) is 16.6. The van der Waals surface area contributed by atoms with Gasteiger partial charge >= 0.3 is 0 Å². The predicted molar refractivity (Wildman–Crippen MR) is 97.9 cm³/mol. The van der Waals surface area contributed by atoms with E-state index < -0.39 is 0 Å². The molecule has 0 saturated carbocycles. The molecular weight excluding hydrogens is 310 g/mol. The molecule has 0 unspecified atom stereocenters. The van der Waals surface area contributed by atoms with Gasteiger partial charge in [0.2, 0.25) is 0 Å². The molecule has 5 aromatic rings. The van der Waals surface area contributed by atoms with Crippen molar-refractivity contribution in [1.82, 2.24) is 25.1 Å². The van der Waals surface area contributed by atoms with E-state index >= 15 is 0 Å². The summed E-state index contributed by atoms with van der Waals surface area (Å²) in [5, 5.41) is 9.48. The van der Waals surface area contributed by atoms with Crippen LogP contribution in [-0.4, -0.2) is 25.1 Å². The Morgan fingerprint density at radius 3 is 1.88 bits per heavy atom. The lowest BCUT2D eigenvalue weighted by Crippen LogP contribution is -1.88. The first-order valence-corrected chi connectivity index (χ1v) is 8.01. The maximum absolute atomic E-state index is 4.65. The van der Waals surface area contributed by atoms with Gasteiger partial charge in [0, 0.05) is 10.8 Å². The summed E-state index contributed by atoms with van der Waals surface area (Å²) in [5.41, 5.74) is 3.36. The third-order valence-electron chi connectivity index (χ3n) is 4.15. The fourth-order valence-corrected chi connectivity index (χ4v) is 2.88. The highest BCUT2D eigenvalue weighted by Gasteiger charge is 2.11. The first-order chi connectivity index (χ1) is 12.4. The topological polar surface area (TPSA) is 67.3 Å². The van der Waals surface area contributed by atoms with Gasteiger partial charge < -0.3 is 0 Å². The van der Waals surface area contributed by atoms with Crippen molar-refractivity contribution in [2.24, 2.45) is 0 Å². The second-order valence-corrected chi connectivity index (χ2v) is 5.79. The van der Waals surface area contributed by atoms with Crippen LogP contribution in [0.1, 0.15) is 0 Å². The maximum Gasteiger partial charge on any atom is 0.200 e. The van der Waals surface area contributed by atoms with Crippen molar-refractivity contribution >= 4 is 21.8 Å². The van der Waals surface area contributed by atoms with E-state index in [1.54, 1.807) is 0 Å². The number of H-pyrrole nitrogens is 1. The van der Waals surface area contributed by atoms with E-state index in [0.717, 1.165) is 33.2 Å². The monoisotopic (exact) mass is 323 g/mol. The van der Waals surface area contributed by atoms with Gasteiger partial charge in [0.1, 0.15) is 11.4 Å². The van der Waals surface area contributed by atoms with Crippen LogP contribution in [0.2, 0.25) is 0 Å². The van der Waals surface area contributed by atoms with E-state index in [0.29, 0.717) is 11.6 Å². The van der Waals surface area contributed by atoms with Crippen LogP contribution in [0.5, 0.6) is 0 Å². The van der Waals surface area contributed by atoms with Gasteiger partial charge in [0.05, 0.1) is 11.0 Å². The van der Waals surface area contributed by atoms with Gasteiger partial charge in [-0.3, -0.25) is 5.10 Å². The average molecular weight is 323 g/mol. The van der Waals surface area contributed by atoms with E-state index in [2.05, 4.69) is 25.1 Å². The smallest absolute Gasteiger partial charge is 0.200 e. The Morgan fingerprint density at radius 1 is 0.560 bits per heavy atom. The van der Waals surface area contributed by atoms with Crippen LogP contribution in [0.4, 0.5) is 0 Å². The van der Waals surface area contributed by atoms with Crippen LogP contribution in [0.3, 0.4) is 0 Å². The van der Waals surface area contributed by atoms with E-state index in [4.69, 9.17) is 0 Å². The highest BCUT2D eigenvalue weighted by atomic mass is 15.2. The second kappa shape index (κ2) is 5.49. The summed E-state index contributed by atoms with van der Waals surface area (Å²) in [6.07, 6.45) is 0. The highest BCUT2D eigenvalue weighted by molar-refractivity contribution is 5.82. The first-order valence-electron chi connectivity index (χ1n) is 8.01. The third kappa shape index (κ3) is 2.42. The number of para-hydroxylation sites is 2. The molecule has 0 amide bonds. The molecule has 5 rings (SSSR count). The lowest BCUT2D eigenvalue weighted by Gasteiger charge is -2.00. The van der Waals surface area contributed by atoms with E-state index in [9.17, 15) is 0 Å². The van der Waals surface area contributed by atoms with E-state index in [1.165, 1.54) is 0 Å². The van der Waals surface area contributed by atoms with Gasteiger partial charge in [-0.05, 0) is 24.3 Å². The Labute approximate surface area is 143 Å². The molecule has 0 fully saturated rings. The molecule has 0 aliphatic heterocycles. The van der Waals surface area contributed by atoms with E-state index in [-0.39, 0.29) is 0 Å². The number of rotatable bonds is 2. The van der Waals surface area contributed by atoms with Crippen LogP contribution in [0, 0.1) is 0 Å². The molecule has 3 aromatic heterocycles. The molecule has 3 heterocycles. The molecule has 118 valence electrons.